The number of halogens is 2. The highest BCUT2D eigenvalue weighted by atomic mass is 79.9. The number of nitrogens with zero attached hydrogens (tertiary/aromatic N) is 2. The van der Waals surface area contributed by atoms with Crippen LogP contribution in [-0.4, -0.2) is 23.7 Å². The maximum absolute atomic E-state index is 12.7. The summed E-state index contributed by atoms with van der Waals surface area (Å²) < 4.78 is 12.6. The van der Waals surface area contributed by atoms with Gasteiger partial charge in [-0.15, -0.1) is 11.3 Å². The van der Waals surface area contributed by atoms with Crippen LogP contribution in [-0.2, 0) is 6.61 Å². The maximum Gasteiger partial charge on any atom is 0.271 e. The zero-order valence-electron chi connectivity index (χ0n) is 23.4. The minimum Gasteiger partial charge on any atom is -0.490 e. The molecule has 7 nitrogen and oxygen atoms in total. The van der Waals surface area contributed by atoms with Gasteiger partial charge in [0.25, 0.3) is 5.91 Å². The van der Waals surface area contributed by atoms with Crippen molar-refractivity contribution in [3.63, 3.8) is 0 Å². The summed E-state index contributed by atoms with van der Waals surface area (Å²) in [6, 6.07) is 26.5. The average Bonchev–Trinajstić information content (AvgIpc) is 3.47. The third-order valence-corrected chi connectivity index (χ3v) is 7.86. The molecule has 0 aliphatic heterocycles. The molecule has 0 saturated carbocycles. The molecule has 0 radical (unpaired) electrons. The Kier molecular flexibility index (Phi) is 10.1. The maximum atomic E-state index is 12.7. The number of benzene rings is 4. The van der Waals surface area contributed by atoms with E-state index in [2.05, 4.69) is 55.8 Å². The number of carbonyl (C=O) groups excluding carboxylic acids is 1. The highest BCUT2D eigenvalue weighted by Gasteiger charge is 2.13. The molecule has 0 aliphatic carbocycles. The van der Waals surface area contributed by atoms with Crippen LogP contribution in [0.4, 0.5) is 10.8 Å². The van der Waals surface area contributed by atoms with Gasteiger partial charge in [-0.1, -0.05) is 53.6 Å². The Morgan fingerprint density at radius 2 is 1.77 bits per heavy atom. The number of amides is 1. The van der Waals surface area contributed by atoms with E-state index in [1.165, 1.54) is 16.9 Å². The number of thiazole rings is 1. The summed E-state index contributed by atoms with van der Waals surface area (Å²) in [5.74, 6) is 0.867. The topological polar surface area (TPSA) is 84.8 Å². The number of carbonyl (C=O) groups is 1. The van der Waals surface area contributed by atoms with Crippen molar-refractivity contribution in [2.24, 2.45) is 5.10 Å². The van der Waals surface area contributed by atoms with Gasteiger partial charge in [-0.2, -0.15) is 5.10 Å². The smallest absolute Gasteiger partial charge is 0.271 e. The van der Waals surface area contributed by atoms with Gasteiger partial charge >= 0.3 is 0 Å². The van der Waals surface area contributed by atoms with Gasteiger partial charge in [0, 0.05) is 27.2 Å². The van der Waals surface area contributed by atoms with Crippen molar-refractivity contribution in [2.45, 2.75) is 20.5 Å². The van der Waals surface area contributed by atoms with Crippen molar-refractivity contribution in [1.29, 1.82) is 0 Å². The van der Waals surface area contributed by atoms with E-state index in [0.717, 1.165) is 37.7 Å². The molecule has 0 saturated heterocycles. The summed E-state index contributed by atoms with van der Waals surface area (Å²) in [6.07, 6.45) is 1.56. The van der Waals surface area contributed by atoms with Gasteiger partial charge in [0.05, 0.1) is 23.0 Å². The Balaban J connectivity index is 1.19. The number of aromatic nitrogens is 1. The third kappa shape index (κ3) is 8.22. The highest BCUT2D eigenvalue weighted by molar-refractivity contribution is 9.10. The van der Waals surface area contributed by atoms with Gasteiger partial charge in [0.2, 0.25) is 0 Å². The molecular formula is C33H28BrClN4O3S. The molecule has 218 valence electrons. The van der Waals surface area contributed by atoms with E-state index in [9.17, 15) is 4.79 Å². The second-order valence-corrected chi connectivity index (χ2v) is 11.6. The summed E-state index contributed by atoms with van der Waals surface area (Å²) in [5.41, 5.74) is 8.68. The van der Waals surface area contributed by atoms with Gasteiger partial charge in [-0.25, -0.2) is 10.4 Å². The molecule has 0 atom stereocenters. The zero-order chi connectivity index (χ0) is 30.2. The summed E-state index contributed by atoms with van der Waals surface area (Å²) >= 11 is 11.0. The predicted molar refractivity (Wildman–Crippen MR) is 178 cm³/mol. The Bertz CT molecular complexity index is 1720. The number of nitrogens with one attached hydrogen (secondary N) is 2. The molecule has 0 aliphatic rings. The van der Waals surface area contributed by atoms with Gasteiger partial charge in [-0.3, -0.25) is 4.79 Å². The fourth-order valence-electron chi connectivity index (χ4n) is 4.05. The average molecular weight is 676 g/mol. The Morgan fingerprint density at radius 3 is 2.49 bits per heavy atom. The molecule has 0 unspecified atom stereocenters. The van der Waals surface area contributed by atoms with E-state index in [4.69, 9.17) is 21.1 Å². The van der Waals surface area contributed by atoms with E-state index in [1.54, 1.807) is 18.3 Å². The van der Waals surface area contributed by atoms with E-state index < -0.39 is 0 Å². The van der Waals surface area contributed by atoms with E-state index in [-0.39, 0.29) is 5.91 Å². The largest absolute Gasteiger partial charge is 0.490 e. The van der Waals surface area contributed by atoms with E-state index in [1.807, 2.05) is 73.0 Å². The van der Waals surface area contributed by atoms with Crippen LogP contribution in [0.1, 0.15) is 34.0 Å². The first-order valence-corrected chi connectivity index (χ1v) is 15.5. The molecule has 0 fully saturated rings. The summed E-state index contributed by atoms with van der Waals surface area (Å²) in [5, 5.41) is 10.8. The molecular weight excluding hydrogens is 648 g/mol. The number of ether oxygens (including phenoxy) is 2. The molecule has 0 bridgehead atoms. The lowest BCUT2D eigenvalue weighted by Gasteiger charge is -2.15. The van der Waals surface area contributed by atoms with Crippen LogP contribution in [0, 0.1) is 6.92 Å². The molecule has 5 rings (SSSR count). The van der Waals surface area contributed by atoms with E-state index >= 15 is 0 Å². The van der Waals surface area contributed by atoms with Crippen LogP contribution < -0.4 is 20.2 Å². The SMILES string of the molecule is CCOc1cc(/C=N\NC(=O)c2ccc(-c3csc(Nc4ccc(Cl)cc4)n3)cc2)cc(Br)c1OCc1ccc(C)cc1. The molecule has 1 amide bonds. The Morgan fingerprint density at radius 1 is 1.02 bits per heavy atom. The highest BCUT2D eigenvalue weighted by Crippen LogP contribution is 2.37. The first kappa shape index (κ1) is 30.3. The summed E-state index contributed by atoms with van der Waals surface area (Å²) in [6.45, 7) is 4.84. The zero-order valence-corrected chi connectivity index (χ0v) is 26.6. The van der Waals surface area contributed by atoms with Crippen molar-refractivity contribution >= 4 is 61.8 Å². The minimum absolute atomic E-state index is 0.326. The second-order valence-electron chi connectivity index (χ2n) is 9.48. The quantitative estimate of drug-likeness (QED) is 0.108. The number of anilines is 2. The molecule has 0 spiro atoms. The number of hydrazone groups is 1. The lowest BCUT2D eigenvalue weighted by molar-refractivity contribution is 0.0955. The number of hydrogen-bond acceptors (Lipinski definition) is 7. The fourth-order valence-corrected chi connectivity index (χ4v) is 5.49. The van der Waals surface area contributed by atoms with Crippen LogP contribution >= 0.6 is 38.9 Å². The van der Waals surface area contributed by atoms with Crippen molar-refractivity contribution < 1.29 is 14.3 Å². The molecule has 1 heterocycles. The van der Waals surface area contributed by atoms with Crippen molar-refractivity contribution in [3.05, 3.63) is 122 Å². The Labute approximate surface area is 267 Å². The molecule has 2 N–H and O–H groups in total. The van der Waals surface area contributed by atoms with Crippen LogP contribution in [0.25, 0.3) is 11.3 Å². The summed E-state index contributed by atoms with van der Waals surface area (Å²) in [4.78, 5) is 17.4. The second kappa shape index (κ2) is 14.3. The van der Waals surface area contributed by atoms with Crippen LogP contribution in [0.2, 0.25) is 5.02 Å². The number of hydrogen-bond donors (Lipinski definition) is 2. The fraction of sp³-hybridized carbons (Fsp3) is 0.121. The summed E-state index contributed by atoms with van der Waals surface area (Å²) in [7, 11) is 0. The van der Waals surface area contributed by atoms with Crippen LogP contribution in [0.3, 0.4) is 0 Å². The van der Waals surface area contributed by atoms with Crippen LogP contribution in [0.15, 0.2) is 99.9 Å². The van der Waals surface area contributed by atoms with Crippen molar-refractivity contribution in [3.8, 4) is 22.8 Å². The van der Waals surface area contributed by atoms with E-state index in [0.29, 0.717) is 35.3 Å². The first-order valence-electron chi connectivity index (χ1n) is 13.4. The molecule has 10 heteroatoms. The van der Waals surface area contributed by atoms with Crippen LogP contribution in [0.5, 0.6) is 11.5 Å². The van der Waals surface area contributed by atoms with Gasteiger partial charge in [-0.05, 0) is 89.4 Å². The monoisotopic (exact) mass is 674 g/mol. The number of rotatable bonds is 11. The van der Waals surface area contributed by atoms with Gasteiger partial charge in [0.15, 0.2) is 16.6 Å². The van der Waals surface area contributed by atoms with Crippen molar-refractivity contribution in [2.75, 3.05) is 11.9 Å². The predicted octanol–water partition coefficient (Wildman–Crippen LogP) is 9.02. The minimum atomic E-state index is -0.326. The van der Waals surface area contributed by atoms with Gasteiger partial charge in [0.1, 0.15) is 6.61 Å². The molecule has 1 aromatic heterocycles. The van der Waals surface area contributed by atoms with Crippen molar-refractivity contribution in [1.82, 2.24) is 10.4 Å². The lowest BCUT2D eigenvalue weighted by atomic mass is 10.1. The lowest BCUT2D eigenvalue weighted by Crippen LogP contribution is -2.17. The standard InChI is InChI=1S/C33H28BrClN4O3S/c1-3-41-30-17-23(16-28(34)31(30)42-19-22-6-4-21(2)5-7-22)18-36-39-32(40)25-10-8-24(9-11-25)29-20-43-33(38-29)37-27-14-12-26(35)13-15-27/h4-18,20H,3,19H2,1-2H3,(H,37,38)(H,39,40)/b36-18-. The number of aryl methyl sites for hydroxylation is 1. The Hall–Kier alpha value is -4.18. The normalized spacial score (nSPS) is 11.0. The molecule has 43 heavy (non-hydrogen) atoms. The third-order valence-electron chi connectivity index (χ3n) is 6.26. The molecule has 4 aromatic carbocycles. The first-order chi connectivity index (χ1) is 20.9. The van der Waals surface area contributed by atoms with Gasteiger partial charge < -0.3 is 14.8 Å². The molecule has 5 aromatic rings.